The first kappa shape index (κ1) is 15.0. The summed E-state index contributed by atoms with van der Waals surface area (Å²) >= 11 is 13.9. The third-order valence-electron chi connectivity index (χ3n) is 2.27. The van der Waals surface area contributed by atoms with E-state index in [0.29, 0.717) is 14.6 Å². The number of hydrogen-bond donors (Lipinski definition) is 0. The summed E-state index contributed by atoms with van der Waals surface area (Å²) in [6, 6.07) is 5.46. The predicted molar refractivity (Wildman–Crippen MR) is 82.5 cm³/mol. The van der Waals surface area contributed by atoms with Crippen molar-refractivity contribution in [1.82, 2.24) is 4.98 Å². The SMILES string of the molecule is O=C(Cc1ccsc1Cl)OCc1ccc(Br)c(Br)n1. The van der Waals surface area contributed by atoms with Gasteiger partial charge in [-0.05, 0) is 61.0 Å². The Bertz CT molecular complexity index is 603. The van der Waals surface area contributed by atoms with E-state index in [4.69, 9.17) is 16.3 Å². The maximum Gasteiger partial charge on any atom is 0.310 e. The van der Waals surface area contributed by atoms with Gasteiger partial charge in [-0.3, -0.25) is 4.79 Å². The molecule has 100 valence electrons. The second kappa shape index (κ2) is 6.83. The van der Waals surface area contributed by atoms with Gasteiger partial charge in [-0.1, -0.05) is 11.6 Å². The van der Waals surface area contributed by atoms with Crippen LogP contribution in [0.25, 0.3) is 0 Å². The van der Waals surface area contributed by atoms with Gasteiger partial charge in [-0.25, -0.2) is 4.98 Å². The molecule has 2 rings (SSSR count). The van der Waals surface area contributed by atoms with Crippen LogP contribution in [0.4, 0.5) is 0 Å². The van der Waals surface area contributed by atoms with Gasteiger partial charge in [0.25, 0.3) is 0 Å². The molecule has 19 heavy (non-hydrogen) atoms. The molecular weight excluding hydrogens is 417 g/mol. The molecule has 2 aromatic heterocycles. The molecule has 0 bridgehead atoms. The minimum Gasteiger partial charge on any atom is -0.459 e. The minimum atomic E-state index is -0.318. The first-order chi connectivity index (χ1) is 9.06. The topological polar surface area (TPSA) is 39.2 Å². The van der Waals surface area contributed by atoms with E-state index in [1.54, 1.807) is 6.07 Å². The molecule has 0 saturated carbocycles. The minimum absolute atomic E-state index is 0.145. The number of halogens is 3. The molecule has 3 nitrogen and oxygen atoms in total. The van der Waals surface area contributed by atoms with Crippen molar-refractivity contribution in [2.24, 2.45) is 0 Å². The van der Waals surface area contributed by atoms with Crippen molar-refractivity contribution >= 4 is 60.8 Å². The maximum atomic E-state index is 11.7. The molecule has 2 heterocycles. The lowest BCUT2D eigenvalue weighted by atomic mass is 10.2. The van der Waals surface area contributed by atoms with Crippen LogP contribution in [-0.2, 0) is 22.6 Å². The molecular formula is C12H8Br2ClNO2S. The quantitative estimate of drug-likeness (QED) is 0.531. The van der Waals surface area contributed by atoms with Crippen LogP contribution in [0.1, 0.15) is 11.3 Å². The zero-order valence-electron chi connectivity index (χ0n) is 9.53. The van der Waals surface area contributed by atoms with E-state index in [1.807, 2.05) is 17.5 Å². The summed E-state index contributed by atoms with van der Waals surface area (Å²) in [6.07, 6.45) is 0.181. The normalized spacial score (nSPS) is 10.5. The highest BCUT2D eigenvalue weighted by Crippen LogP contribution is 2.23. The molecule has 7 heteroatoms. The van der Waals surface area contributed by atoms with E-state index in [2.05, 4.69) is 36.8 Å². The molecule has 0 N–H and O–H groups in total. The molecule has 0 aliphatic carbocycles. The summed E-state index contributed by atoms with van der Waals surface area (Å²) in [5, 5.41) is 1.85. The highest BCUT2D eigenvalue weighted by atomic mass is 79.9. The van der Waals surface area contributed by atoms with Crippen molar-refractivity contribution in [1.29, 1.82) is 0 Å². The molecule has 0 fully saturated rings. The molecule has 0 unspecified atom stereocenters. The van der Waals surface area contributed by atoms with Crippen LogP contribution in [0.5, 0.6) is 0 Å². The molecule has 0 spiro atoms. The Labute approximate surface area is 136 Å². The van der Waals surface area contributed by atoms with Gasteiger partial charge in [0.15, 0.2) is 0 Å². The van der Waals surface area contributed by atoms with E-state index in [0.717, 1.165) is 10.0 Å². The lowest BCUT2D eigenvalue weighted by Crippen LogP contribution is -2.08. The molecule has 0 aliphatic heterocycles. The highest BCUT2D eigenvalue weighted by Gasteiger charge is 2.10. The van der Waals surface area contributed by atoms with Crippen molar-refractivity contribution < 1.29 is 9.53 Å². The average molecular weight is 426 g/mol. The number of aromatic nitrogens is 1. The standard InChI is InChI=1S/C12H8Br2ClNO2S/c13-9-2-1-8(16-11(9)14)6-18-10(17)5-7-3-4-19-12(7)15/h1-4H,5-6H2. The van der Waals surface area contributed by atoms with E-state index >= 15 is 0 Å². The number of esters is 1. The number of ether oxygens (including phenoxy) is 1. The predicted octanol–water partition coefficient (Wildman–Crippen LogP) is 4.61. The zero-order chi connectivity index (χ0) is 13.8. The number of thiophene rings is 1. The van der Waals surface area contributed by atoms with Crippen molar-refractivity contribution in [3.05, 3.63) is 48.2 Å². The second-order valence-corrected chi connectivity index (χ2v) is 6.76. The van der Waals surface area contributed by atoms with Crippen molar-refractivity contribution in [2.45, 2.75) is 13.0 Å². The van der Waals surface area contributed by atoms with Crippen LogP contribution >= 0.6 is 54.8 Å². The summed E-state index contributed by atoms with van der Waals surface area (Å²) in [5.74, 6) is -0.318. The Hall–Kier alpha value is -0.430. The van der Waals surface area contributed by atoms with Crippen molar-refractivity contribution in [2.75, 3.05) is 0 Å². The van der Waals surface area contributed by atoms with Gasteiger partial charge in [0.05, 0.1) is 20.9 Å². The molecule has 0 atom stereocenters. The number of rotatable bonds is 4. The van der Waals surface area contributed by atoms with E-state index in [1.165, 1.54) is 11.3 Å². The second-order valence-electron chi connectivity index (χ2n) is 3.63. The number of carbonyl (C=O) groups is 1. The first-order valence-corrected chi connectivity index (χ1v) is 8.09. The molecule has 2 aromatic rings. The van der Waals surface area contributed by atoms with Gasteiger partial charge >= 0.3 is 5.97 Å². The van der Waals surface area contributed by atoms with Crippen LogP contribution < -0.4 is 0 Å². The fourth-order valence-electron chi connectivity index (χ4n) is 1.34. The van der Waals surface area contributed by atoms with Gasteiger partial charge in [0.2, 0.25) is 0 Å². The largest absolute Gasteiger partial charge is 0.459 e. The third-order valence-corrected chi connectivity index (χ3v) is 5.30. The average Bonchev–Trinajstić information content (AvgIpc) is 2.77. The number of carbonyl (C=O) groups excluding carboxylic acids is 1. The zero-order valence-corrected chi connectivity index (χ0v) is 14.3. The fraction of sp³-hybridized carbons (Fsp3) is 0.167. The Balaban J connectivity index is 1.90. The van der Waals surface area contributed by atoms with Gasteiger partial charge in [-0.2, -0.15) is 0 Å². The van der Waals surface area contributed by atoms with Crippen molar-refractivity contribution in [3.63, 3.8) is 0 Å². The summed E-state index contributed by atoms with van der Waals surface area (Å²) < 4.78 is 7.32. The Morgan fingerprint density at radius 2 is 2.16 bits per heavy atom. The van der Waals surface area contributed by atoms with Crippen LogP contribution in [0.3, 0.4) is 0 Å². The Kier molecular flexibility index (Phi) is 5.38. The van der Waals surface area contributed by atoms with E-state index in [-0.39, 0.29) is 19.0 Å². The van der Waals surface area contributed by atoms with Crippen LogP contribution in [0.15, 0.2) is 32.7 Å². The summed E-state index contributed by atoms with van der Waals surface area (Å²) in [4.78, 5) is 15.9. The molecule has 0 aliphatic rings. The van der Waals surface area contributed by atoms with Crippen LogP contribution in [-0.4, -0.2) is 11.0 Å². The van der Waals surface area contributed by atoms with Crippen molar-refractivity contribution in [3.8, 4) is 0 Å². The van der Waals surface area contributed by atoms with E-state index < -0.39 is 0 Å². The maximum absolute atomic E-state index is 11.7. The number of hydrogen-bond acceptors (Lipinski definition) is 4. The lowest BCUT2D eigenvalue weighted by Gasteiger charge is -2.05. The Morgan fingerprint density at radius 1 is 1.37 bits per heavy atom. The Morgan fingerprint density at radius 3 is 2.79 bits per heavy atom. The van der Waals surface area contributed by atoms with Gasteiger partial charge in [0.1, 0.15) is 11.2 Å². The highest BCUT2D eigenvalue weighted by molar-refractivity contribution is 9.13. The molecule has 0 amide bonds. The van der Waals surface area contributed by atoms with Gasteiger partial charge in [-0.15, -0.1) is 11.3 Å². The fourth-order valence-corrected chi connectivity index (χ4v) is 2.85. The number of nitrogens with zero attached hydrogens (tertiary/aromatic N) is 1. The molecule has 0 saturated heterocycles. The molecule has 0 aromatic carbocycles. The van der Waals surface area contributed by atoms with Gasteiger partial charge < -0.3 is 4.74 Å². The van der Waals surface area contributed by atoms with Gasteiger partial charge in [0, 0.05) is 0 Å². The molecule has 0 radical (unpaired) electrons. The summed E-state index contributed by atoms with van der Waals surface area (Å²) in [6.45, 7) is 0.145. The number of pyridine rings is 1. The van der Waals surface area contributed by atoms with E-state index in [9.17, 15) is 4.79 Å². The summed E-state index contributed by atoms with van der Waals surface area (Å²) in [5.41, 5.74) is 1.47. The smallest absolute Gasteiger partial charge is 0.310 e. The lowest BCUT2D eigenvalue weighted by molar-refractivity contribution is -0.144. The van der Waals surface area contributed by atoms with Crippen LogP contribution in [0.2, 0.25) is 4.34 Å². The monoisotopic (exact) mass is 423 g/mol. The first-order valence-electron chi connectivity index (χ1n) is 5.24. The van der Waals surface area contributed by atoms with Crippen LogP contribution in [0, 0.1) is 0 Å². The third kappa shape index (κ3) is 4.27. The summed E-state index contributed by atoms with van der Waals surface area (Å²) in [7, 11) is 0.